The Morgan fingerprint density at radius 2 is 1.43 bits per heavy atom. The van der Waals surface area contributed by atoms with Crippen LogP contribution < -0.4 is 0 Å². The summed E-state index contributed by atoms with van der Waals surface area (Å²) in [6.45, 7) is -0.250. The molecule has 0 heterocycles. The van der Waals surface area contributed by atoms with Gasteiger partial charge >= 0.3 is 16.5 Å². The Labute approximate surface area is 94.6 Å². The van der Waals surface area contributed by atoms with E-state index in [1.165, 1.54) is 0 Å². The van der Waals surface area contributed by atoms with Crippen LogP contribution in [0.5, 0.6) is 0 Å². The molecule has 14 heavy (non-hydrogen) atoms. The van der Waals surface area contributed by atoms with Crippen molar-refractivity contribution in [2.24, 2.45) is 0 Å². The average Bonchev–Trinajstić information content (AvgIpc) is 2.85. The molecule has 0 aromatic carbocycles. The largest absolute Gasteiger partial charge is 2.00 e. The molecule has 0 fully saturated rings. The number of allylic oxidation sites excluding steroid dienone is 8. The molecule has 0 radical (unpaired) electrons. The van der Waals surface area contributed by atoms with E-state index in [9.17, 15) is 0 Å². The molecule has 0 amide bonds. The summed E-state index contributed by atoms with van der Waals surface area (Å²) < 4.78 is 0. The summed E-state index contributed by atoms with van der Waals surface area (Å²) in [7, 11) is 0. The quantitative estimate of drug-likeness (QED) is 0.397. The maximum atomic E-state index is 8.36. The third-order valence-electron chi connectivity index (χ3n) is 1.17. The van der Waals surface area contributed by atoms with Gasteiger partial charge in [-0.15, -0.1) is 12.8 Å². The van der Waals surface area contributed by atoms with Crippen molar-refractivity contribution < 1.29 is 26.4 Å². The van der Waals surface area contributed by atoms with Gasteiger partial charge in [-0.3, -0.25) is 16.9 Å². The van der Waals surface area contributed by atoms with Gasteiger partial charge in [0.25, 0.3) is 6.47 Å². The summed E-state index contributed by atoms with van der Waals surface area (Å²) >= 11 is 0. The van der Waals surface area contributed by atoms with E-state index >= 15 is 0 Å². The second kappa shape index (κ2) is 14.4. The zero-order valence-electron chi connectivity index (χ0n) is 7.63. The van der Waals surface area contributed by atoms with Crippen LogP contribution >= 0.6 is 0 Å². The van der Waals surface area contributed by atoms with E-state index in [1.807, 2.05) is 24.3 Å². The van der Waals surface area contributed by atoms with Crippen molar-refractivity contribution >= 4 is 6.47 Å². The fourth-order valence-electron chi connectivity index (χ4n) is 0.680. The molecule has 1 N–H and O–H groups in total. The van der Waals surface area contributed by atoms with Crippen molar-refractivity contribution in [1.82, 2.24) is 0 Å². The second-order valence-corrected chi connectivity index (χ2v) is 2.11. The number of rotatable bonds is 0. The zero-order valence-corrected chi connectivity index (χ0v) is 8.61. The van der Waals surface area contributed by atoms with Crippen molar-refractivity contribution in [2.45, 2.75) is 12.8 Å². The Hall–Kier alpha value is -1.08. The van der Waals surface area contributed by atoms with Gasteiger partial charge in [-0.05, 0) is 0 Å². The first-order valence-electron chi connectivity index (χ1n) is 3.93. The van der Waals surface area contributed by atoms with Gasteiger partial charge in [-0.1, -0.05) is 0 Å². The molecule has 0 aliphatic heterocycles. The zero-order chi connectivity index (χ0) is 9.78. The molecular formula is C11H12NiO2. The predicted octanol–water partition coefficient (Wildman–Crippen LogP) is 2.31. The molecule has 0 unspecified atom stereocenters. The number of carboxylic acid groups (broad SMARTS) is 1. The Balaban J connectivity index is 0. The molecular weight excluding hydrogens is 223 g/mol. The fraction of sp³-hybridized carbons (Fsp3) is 0.182. The minimum atomic E-state index is -0.250. The van der Waals surface area contributed by atoms with Crippen molar-refractivity contribution in [3.8, 4) is 0 Å². The van der Waals surface area contributed by atoms with Gasteiger partial charge in [0.2, 0.25) is 0 Å². The summed E-state index contributed by atoms with van der Waals surface area (Å²) in [5, 5.41) is 6.89. The summed E-state index contributed by atoms with van der Waals surface area (Å²) in [4.78, 5) is 8.36. The first-order valence-corrected chi connectivity index (χ1v) is 3.93. The van der Waals surface area contributed by atoms with Crippen molar-refractivity contribution in [3.05, 3.63) is 48.6 Å². The van der Waals surface area contributed by atoms with E-state index in [1.54, 1.807) is 0 Å². The van der Waals surface area contributed by atoms with E-state index in [-0.39, 0.29) is 23.0 Å². The summed E-state index contributed by atoms with van der Waals surface area (Å²) in [6.07, 6.45) is 20.0. The van der Waals surface area contributed by atoms with E-state index in [2.05, 4.69) is 24.3 Å². The van der Waals surface area contributed by atoms with Gasteiger partial charge in [-0.25, -0.2) is 24.3 Å². The van der Waals surface area contributed by atoms with Crippen LogP contribution in [-0.4, -0.2) is 11.6 Å². The van der Waals surface area contributed by atoms with Crippen LogP contribution in [-0.2, 0) is 21.3 Å². The Morgan fingerprint density at radius 1 is 1.07 bits per heavy atom. The maximum absolute atomic E-state index is 8.36. The van der Waals surface area contributed by atoms with Crippen molar-refractivity contribution in [3.63, 3.8) is 0 Å². The molecule has 0 atom stereocenters. The predicted molar refractivity (Wildman–Crippen MR) is 51.8 cm³/mol. The molecule has 0 aromatic heterocycles. The molecule has 2 nitrogen and oxygen atoms in total. The molecule has 0 bridgehead atoms. The summed E-state index contributed by atoms with van der Waals surface area (Å²) in [5.41, 5.74) is 0. The molecule has 2 aliphatic carbocycles. The van der Waals surface area contributed by atoms with Crippen LogP contribution in [0.1, 0.15) is 12.8 Å². The van der Waals surface area contributed by atoms with Gasteiger partial charge < -0.3 is 5.11 Å². The first-order chi connectivity index (χ1) is 6.41. The molecule has 0 aromatic rings. The standard InChI is InChI=1S/2C5H5.CH2O2.Ni/c2*1-2-4-5-3-1;2-1-3;/h2*1-3H,4H2;1H,(H,2,3);/q2*-1;;+2. The van der Waals surface area contributed by atoms with Crippen molar-refractivity contribution in [1.29, 1.82) is 0 Å². The minimum Gasteiger partial charge on any atom is -0.483 e. The molecule has 78 valence electrons. The average molecular weight is 235 g/mol. The normalized spacial score (nSPS) is 13.4. The SMILES string of the molecule is O=CO.[C-]1=CC=CC1.[C-]1=CC=CC1.[Ni+2]. The minimum absolute atomic E-state index is 0. The fourth-order valence-corrected chi connectivity index (χ4v) is 0.680. The van der Waals surface area contributed by atoms with Crippen LogP contribution in [0, 0.1) is 12.2 Å². The number of hydrogen-bond donors (Lipinski definition) is 1. The van der Waals surface area contributed by atoms with Gasteiger partial charge in [0.15, 0.2) is 0 Å². The third kappa shape index (κ3) is 13.5. The monoisotopic (exact) mass is 234 g/mol. The molecule has 0 saturated heterocycles. The van der Waals surface area contributed by atoms with Gasteiger partial charge in [0.05, 0.1) is 0 Å². The van der Waals surface area contributed by atoms with Crippen LogP contribution in [0.15, 0.2) is 36.5 Å². The number of carbonyl (C=O) groups is 1. The van der Waals surface area contributed by atoms with E-state index in [4.69, 9.17) is 9.90 Å². The van der Waals surface area contributed by atoms with Crippen molar-refractivity contribution in [2.75, 3.05) is 0 Å². The Morgan fingerprint density at radius 3 is 1.50 bits per heavy atom. The molecule has 0 spiro atoms. The van der Waals surface area contributed by atoms with E-state index in [0.717, 1.165) is 12.8 Å². The van der Waals surface area contributed by atoms with Crippen LogP contribution in [0.3, 0.4) is 0 Å². The maximum Gasteiger partial charge on any atom is 2.00 e. The Kier molecular flexibility index (Phi) is 15.9. The number of hydrogen-bond acceptors (Lipinski definition) is 1. The van der Waals surface area contributed by atoms with Gasteiger partial charge in [0.1, 0.15) is 0 Å². The van der Waals surface area contributed by atoms with Crippen LogP contribution in [0.4, 0.5) is 0 Å². The second-order valence-electron chi connectivity index (χ2n) is 2.11. The van der Waals surface area contributed by atoms with Crippen LogP contribution in [0.2, 0.25) is 0 Å². The summed E-state index contributed by atoms with van der Waals surface area (Å²) in [6, 6.07) is 0. The smallest absolute Gasteiger partial charge is 0.483 e. The topological polar surface area (TPSA) is 37.3 Å². The first kappa shape index (κ1) is 15.4. The van der Waals surface area contributed by atoms with Gasteiger partial charge in [0, 0.05) is 0 Å². The third-order valence-corrected chi connectivity index (χ3v) is 1.17. The van der Waals surface area contributed by atoms with Gasteiger partial charge in [-0.2, -0.15) is 12.2 Å². The van der Waals surface area contributed by atoms with E-state index in [0.29, 0.717) is 0 Å². The molecule has 2 rings (SSSR count). The summed E-state index contributed by atoms with van der Waals surface area (Å²) in [5.74, 6) is 0. The molecule has 3 heteroatoms. The molecule has 2 aliphatic rings. The van der Waals surface area contributed by atoms with Crippen LogP contribution in [0.25, 0.3) is 0 Å². The Bertz CT molecular complexity index is 185. The molecule has 0 saturated carbocycles. The van der Waals surface area contributed by atoms with E-state index < -0.39 is 0 Å².